The molecule has 94 valence electrons. The number of benzene rings is 1. The summed E-state index contributed by atoms with van der Waals surface area (Å²) in [7, 11) is 0. The molecule has 0 heterocycles. The third kappa shape index (κ3) is 4.50. The van der Waals surface area contributed by atoms with Crippen molar-refractivity contribution in [2.75, 3.05) is 19.8 Å². The second-order valence-electron chi connectivity index (χ2n) is 3.37. The van der Waals surface area contributed by atoms with Crippen LogP contribution >= 0.6 is 0 Å². The van der Waals surface area contributed by atoms with Crippen molar-refractivity contribution in [3.8, 4) is 0 Å². The van der Waals surface area contributed by atoms with Gasteiger partial charge in [-0.15, -0.1) is 0 Å². The Labute approximate surface area is 99.0 Å². The number of rotatable bonds is 7. The summed E-state index contributed by atoms with van der Waals surface area (Å²) in [5.41, 5.74) is 0.288. The average molecular weight is 242 g/mol. The average Bonchev–Trinajstić information content (AvgIpc) is 2.30. The minimum atomic E-state index is -1.28. The van der Waals surface area contributed by atoms with Gasteiger partial charge in [-0.25, -0.2) is 9.18 Å². The van der Waals surface area contributed by atoms with E-state index in [2.05, 4.69) is 0 Å². The van der Waals surface area contributed by atoms with Crippen LogP contribution in [0, 0.1) is 5.82 Å². The highest BCUT2D eigenvalue weighted by Crippen LogP contribution is 2.11. The van der Waals surface area contributed by atoms with Crippen molar-refractivity contribution in [1.82, 2.24) is 0 Å². The van der Waals surface area contributed by atoms with E-state index in [1.807, 2.05) is 6.92 Å². The second kappa shape index (κ2) is 6.98. The van der Waals surface area contributed by atoms with Crippen LogP contribution in [-0.2, 0) is 16.1 Å². The van der Waals surface area contributed by atoms with Gasteiger partial charge in [0, 0.05) is 6.61 Å². The van der Waals surface area contributed by atoms with Crippen LogP contribution < -0.4 is 0 Å². The number of carboxylic acid groups (broad SMARTS) is 1. The van der Waals surface area contributed by atoms with Crippen LogP contribution in [0.1, 0.15) is 22.8 Å². The van der Waals surface area contributed by atoms with Crippen LogP contribution in [0.4, 0.5) is 4.39 Å². The Morgan fingerprint density at radius 3 is 2.71 bits per heavy atom. The molecule has 0 saturated carbocycles. The van der Waals surface area contributed by atoms with Crippen molar-refractivity contribution in [2.24, 2.45) is 0 Å². The predicted molar refractivity (Wildman–Crippen MR) is 59.5 cm³/mol. The molecule has 0 unspecified atom stereocenters. The lowest BCUT2D eigenvalue weighted by Crippen LogP contribution is -2.06. The molecule has 0 aliphatic heterocycles. The van der Waals surface area contributed by atoms with Gasteiger partial charge in [0.25, 0.3) is 0 Å². The number of hydrogen-bond acceptors (Lipinski definition) is 3. The summed E-state index contributed by atoms with van der Waals surface area (Å²) < 4.78 is 23.4. The largest absolute Gasteiger partial charge is 0.478 e. The Balaban J connectivity index is 2.49. The van der Waals surface area contributed by atoms with Gasteiger partial charge in [-0.2, -0.15) is 0 Å². The molecule has 1 rings (SSSR count). The number of ether oxygens (including phenoxy) is 2. The number of aromatic carboxylic acids is 1. The fourth-order valence-corrected chi connectivity index (χ4v) is 1.28. The van der Waals surface area contributed by atoms with E-state index in [9.17, 15) is 9.18 Å². The van der Waals surface area contributed by atoms with Crippen LogP contribution in [0.5, 0.6) is 0 Å². The van der Waals surface area contributed by atoms with Crippen LogP contribution in [0.15, 0.2) is 18.2 Å². The van der Waals surface area contributed by atoms with Gasteiger partial charge in [0.15, 0.2) is 0 Å². The first kappa shape index (κ1) is 13.6. The van der Waals surface area contributed by atoms with E-state index in [1.54, 1.807) is 0 Å². The smallest absolute Gasteiger partial charge is 0.338 e. The van der Waals surface area contributed by atoms with Crippen molar-refractivity contribution in [3.05, 3.63) is 35.1 Å². The van der Waals surface area contributed by atoms with Crippen molar-refractivity contribution in [2.45, 2.75) is 13.5 Å². The van der Waals surface area contributed by atoms with Gasteiger partial charge >= 0.3 is 5.97 Å². The summed E-state index contributed by atoms with van der Waals surface area (Å²) in [5, 5.41) is 8.73. The van der Waals surface area contributed by atoms with E-state index in [0.717, 1.165) is 6.07 Å². The molecular weight excluding hydrogens is 227 g/mol. The van der Waals surface area contributed by atoms with Gasteiger partial charge in [0.05, 0.1) is 25.4 Å². The van der Waals surface area contributed by atoms with Crippen LogP contribution in [0.3, 0.4) is 0 Å². The summed E-state index contributed by atoms with van der Waals surface area (Å²) in [4.78, 5) is 10.7. The maximum atomic E-state index is 13.1. The molecule has 0 fully saturated rings. The van der Waals surface area contributed by atoms with Crippen molar-refractivity contribution >= 4 is 5.97 Å². The first-order valence-electron chi connectivity index (χ1n) is 5.32. The highest BCUT2D eigenvalue weighted by molar-refractivity contribution is 5.88. The minimum Gasteiger partial charge on any atom is -0.478 e. The maximum Gasteiger partial charge on any atom is 0.338 e. The van der Waals surface area contributed by atoms with Gasteiger partial charge < -0.3 is 14.6 Å². The zero-order chi connectivity index (χ0) is 12.7. The molecule has 0 aliphatic carbocycles. The predicted octanol–water partition coefficient (Wildman–Crippen LogP) is 2.08. The van der Waals surface area contributed by atoms with Crippen LogP contribution in [0.25, 0.3) is 0 Å². The summed E-state index contributed by atoms with van der Waals surface area (Å²) >= 11 is 0. The molecule has 0 atom stereocenters. The Morgan fingerprint density at radius 1 is 1.35 bits per heavy atom. The molecule has 1 aromatic rings. The molecule has 0 saturated heterocycles. The topological polar surface area (TPSA) is 55.8 Å². The quantitative estimate of drug-likeness (QED) is 0.744. The lowest BCUT2D eigenvalue weighted by molar-refractivity contribution is 0.0452. The van der Waals surface area contributed by atoms with Gasteiger partial charge in [-0.1, -0.05) is 6.07 Å². The lowest BCUT2D eigenvalue weighted by atomic mass is 10.1. The molecule has 0 radical (unpaired) electrons. The Kier molecular flexibility index (Phi) is 5.59. The van der Waals surface area contributed by atoms with Crippen LogP contribution in [-0.4, -0.2) is 30.9 Å². The second-order valence-corrected chi connectivity index (χ2v) is 3.37. The van der Waals surface area contributed by atoms with Gasteiger partial charge in [-0.3, -0.25) is 0 Å². The lowest BCUT2D eigenvalue weighted by Gasteiger charge is -2.06. The van der Waals surface area contributed by atoms with Crippen LogP contribution in [0.2, 0.25) is 0 Å². The number of carbonyl (C=O) groups is 1. The molecule has 4 nitrogen and oxygen atoms in total. The summed E-state index contributed by atoms with van der Waals surface area (Å²) in [6.45, 7) is 3.67. The van der Waals surface area contributed by atoms with E-state index in [-0.39, 0.29) is 12.2 Å². The third-order valence-corrected chi connectivity index (χ3v) is 2.11. The first-order chi connectivity index (χ1) is 8.15. The van der Waals surface area contributed by atoms with Crippen molar-refractivity contribution in [1.29, 1.82) is 0 Å². The SMILES string of the molecule is CCOCCOCc1ccc(F)c(C(=O)O)c1. The van der Waals surface area contributed by atoms with E-state index in [4.69, 9.17) is 14.6 Å². The summed E-state index contributed by atoms with van der Waals surface area (Å²) in [5.74, 6) is -2.02. The standard InChI is InChI=1S/C12H15FO4/c1-2-16-5-6-17-8-9-3-4-11(13)10(7-9)12(14)15/h3-4,7H,2,5-6,8H2,1H3,(H,14,15). The Morgan fingerprint density at radius 2 is 2.06 bits per heavy atom. The number of hydrogen-bond donors (Lipinski definition) is 1. The van der Waals surface area contributed by atoms with Crippen molar-refractivity contribution < 1.29 is 23.8 Å². The number of halogens is 1. The van der Waals surface area contributed by atoms with Crippen molar-refractivity contribution in [3.63, 3.8) is 0 Å². The molecule has 1 aromatic carbocycles. The minimum absolute atomic E-state index is 0.244. The highest BCUT2D eigenvalue weighted by atomic mass is 19.1. The third-order valence-electron chi connectivity index (χ3n) is 2.11. The zero-order valence-corrected chi connectivity index (χ0v) is 9.61. The molecule has 1 N–H and O–H groups in total. The van der Waals surface area contributed by atoms with Gasteiger partial charge in [0.2, 0.25) is 0 Å². The molecule has 0 aliphatic rings. The number of carboxylic acids is 1. The maximum absolute atomic E-state index is 13.1. The zero-order valence-electron chi connectivity index (χ0n) is 9.61. The molecule has 5 heteroatoms. The molecule has 0 aromatic heterocycles. The van der Waals surface area contributed by atoms with Gasteiger partial charge in [-0.05, 0) is 24.6 Å². The van der Waals surface area contributed by atoms with Gasteiger partial charge in [0.1, 0.15) is 5.82 Å². The molecular formula is C12H15FO4. The summed E-state index contributed by atoms with van der Waals surface area (Å²) in [6.07, 6.45) is 0. The summed E-state index contributed by atoms with van der Waals surface area (Å²) in [6, 6.07) is 3.91. The molecule has 0 amide bonds. The van der Waals surface area contributed by atoms with E-state index in [1.165, 1.54) is 12.1 Å². The first-order valence-corrected chi connectivity index (χ1v) is 5.32. The molecule has 0 bridgehead atoms. The van der Waals surface area contributed by atoms with E-state index in [0.29, 0.717) is 25.4 Å². The molecule has 17 heavy (non-hydrogen) atoms. The Hall–Kier alpha value is -1.46. The van der Waals surface area contributed by atoms with E-state index >= 15 is 0 Å². The Bertz CT molecular complexity index is 379. The fourth-order valence-electron chi connectivity index (χ4n) is 1.28. The fraction of sp³-hybridized carbons (Fsp3) is 0.417. The van der Waals surface area contributed by atoms with E-state index < -0.39 is 11.8 Å². The highest BCUT2D eigenvalue weighted by Gasteiger charge is 2.10. The monoisotopic (exact) mass is 242 g/mol. The molecule has 0 spiro atoms. The normalized spacial score (nSPS) is 10.5.